The molecule has 5 heteroatoms. The van der Waals surface area contributed by atoms with Crippen LogP contribution in [0.25, 0.3) is 0 Å². The Morgan fingerprint density at radius 3 is 3.05 bits per heavy atom. The molecule has 0 radical (unpaired) electrons. The molecule has 2 atom stereocenters. The highest BCUT2D eigenvalue weighted by Gasteiger charge is 2.40. The minimum atomic E-state index is 0.222. The number of imidazole rings is 1. The molecule has 1 aliphatic rings. The first-order valence-electron chi connectivity index (χ1n) is 7.45. The van der Waals surface area contributed by atoms with Crippen molar-refractivity contribution in [3.8, 4) is 0 Å². The van der Waals surface area contributed by atoms with Gasteiger partial charge in [-0.15, -0.1) is 0 Å². The summed E-state index contributed by atoms with van der Waals surface area (Å²) in [5.74, 6) is 1.15. The molecule has 2 unspecified atom stereocenters. The van der Waals surface area contributed by atoms with Crippen LogP contribution in [0.2, 0.25) is 0 Å². The zero-order valence-corrected chi connectivity index (χ0v) is 12.9. The molecule has 0 aromatic carbocycles. The van der Waals surface area contributed by atoms with E-state index in [-0.39, 0.29) is 5.41 Å². The number of nitrogens with zero attached hydrogens (tertiary/aromatic N) is 2. The molecule has 0 spiro atoms. The van der Waals surface area contributed by atoms with Gasteiger partial charge >= 0.3 is 0 Å². The fourth-order valence-electron chi connectivity index (χ4n) is 2.98. The van der Waals surface area contributed by atoms with E-state index in [0.29, 0.717) is 6.10 Å². The molecular weight excluding hydrogens is 254 g/mol. The van der Waals surface area contributed by atoms with E-state index < -0.39 is 0 Å². The van der Waals surface area contributed by atoms with Crippen molar-refractivity contribution in [3.05, 3.63) is 18.2 Å². The van der Waals surface area contributed by atoms with E-state index in [0.717, 1.165) is 51.4 Å². The quantitative estimate of drug-likeness (QED) is 0.732. The van der Waals surface area contributed by atoms with E-state index in [9.17, 15) is 0 Å². The van der Waals surface area contributed by atoms with Gasteiger partial charge in [0.05, 0.1) is 12.7 Å². The van der Waals surface area contributed by atoms with Crippen molar-refractivity contribution >= 4 is 0 Å². The molecule has 114 valence electrons. The number of aryl methyl sites for hydroxylation is 2. The van der Waals surface area contributed by atoms with Gasteiger partial charge in [-0.2, -0.15) is 0 Å². The standard InChI is InChI=1S/C15H27N3O2/c1-13-15(6-10-20-13,12-16-8-11-19-3)5-4-14-17-7-9-18(14)2/h7,9,13,16H,4-6,8,10-12H2,1-3H3. The SMILES string of the molecule is COCCNCC1(CCc2nccn2C)CCOC1C. The smallest absolute Gasteiger partial charge is 0.108 e. The lowest BCUT2D eigenvalue weighted by molar-refractivity contribution is 0.0572. The lowest BCUT2D eigenvalue weighted by Crippen LogP contribution is -2.41. The van der Waals surface area contributed by atoms with Crippen LogP contribution in [0.1, 0.15) is 25.6 Å². The maximum atomic E-state index is 5.83. The molecule has 1 saturated heterocycles. The first-order chi connectivity index (χ1) is 9.68. The average Bonchev–Trinajstić information content (AvgIpc) is 3.00. The monoisotopic (exact) mass is 281 g/mol. The van der Waals surface area contributed by atoms with Gasteiger partial charge in [0.1, 0.15) is 5.82 Å². The van der Waals surface area contributed by atoms with E-state index in [1.54, 1.807) is 7.11 Å². The van der Waals surface area contributed by atoms with Crippen LogP contribution in [-0.2, 0) is 22.9 Å². The molecule has 5 nitrogen and oxygen atoms in total. The molecule has 1 aromatic rings. The van der Waals surface area contributed by atoms with Crippen LogP contribution in [0.3, 0.4) is 0 Å². The van der Waals surface area contributed by atoms with Gasteiger partial charge in [0.2, 0.25) is 0 Å². The second kappa shape index (κ2) is 7.20. The summed E-state index contributed by atoms with van der Waals surface area (Å²) in [5.41, 5.74) is 0.222. The second-order valence-corrected chi connectivity index (χ2v) is 5.75. The minimum Gasteiger partial charge on any atom is -0.383 e. The normalized spacial score (nSPS) is 26.2. The van der Waals surface area contributed by atoms with Crippen LogP contribution >= 0.6 is 0 Å². The zero-order chi connectivity index (χ0) is 14.4. The van der Waals surface area contributed by atoms with Crippen molar-refractivity contribution in [2.75, 3.05) is 33.4 Å². The Hall–Kier alpha value is -0.910. The number of methoxy groups -OCH3 is 1. The fourth-order valence-corrected chi connectivity index (χ4v) is 2.98. The molecule has 2 rings (SSSR count). The summed E-state index contributed by atoms with van der Waals surface area (Å²) in [5, 5.41) is 3.51. The van der Waals surface area contributed by atoms with E-state index in [1.807, 2.05) is 12.4 Å². The molecule has 0 aliphatic carbocycles. The highest BCUT2D eigenvalue weighted by atomic mass is 16.5. The average molecular weight is 281 g/mol. The molecule has 2 heterocycles. The summed E-state index contributed by atoms with van der Waals surface area (Å²) < 4.78 is 13.0. The van der Waals surface area contributed by atoms with Crippen molar-refractivity contribution in [1.29, 1.82) is 0 Å². The number of hydrogen-bond donors (Lipinski definition) is 1. The molecular formula is C15H27N3O2. The van der Waals surface area contributed by atoms with Crippen LogP contribution in [0.4, 0.5) is 0 Å². The lowest BCUT2D eigenvalue weighted by Gasteiger charge is -2.32. The second-order valence-electron chi connectivity index (χ2n) is 5.75. The van der Waals surface area contributed by atoms with Crippen LogP contribution in [-0.4, -0.2) is 49.1 Å². The van der Waals surface area contributed by atoms with Gasteiger partial charge in [-0.05, 0) is 19.8 Å². The Morgan fingerprint density at radius 2 is 2.45 bits per heavy atom. The Kier molecular flexibility index (Phi) is 5.57. The third kappa shape index (κ3) is 3.59. The third-order valence-electron chi connectivity index (χ3n) is 4.56. The van der Waals surface area contributed by atoms with Crippen molar-refractivity contribution in [1.82, 2.24) is 14.9 Å². The molecule has 0 amide bonds. The largest absolute Gasteiger partial charge is 0.383 e. The van der Waals surface area contributed by atoms with Crippen molar-refractivity contribution < 1.29 is 9.47 Å². The first-order valence-corrected chi connectivity index (χ1v) is 7.45. The molecule has 20 heavy (non-hydrogen) atoms. The Bertz CT molecular complexity index is 408. The van der Waals surface area contributed by atoms with Crippen molar-refractivity contribution in [2.24, 2.45) is 12.5 Å². The van der Waals surface area contributed by atoms with Gasteiger partial charge in [-0.25, -0.2) is 4.98 Å². The summed E-state index contributed by atoms with van der Waals surface area (Å²) in [6.45, 7) is 5.71. The van der Waals surface area contributed by atoms with Gasteiger partial charge in [0, 0.05) is 58.1 Å². The molecule has 1 aromatic heterocycles. The van der Waals surface area contributed by atoms with Crippen LogP contribution < -0.4 is 5.32 Å². The van der Waals surface area contributed by atoms with E-state index in [2.05, 4.69) is 28.8 Å². The van der Waals surface area contributed by atoms with Gasteiger partial charge in [-0.1, -0.05) is 0 Å². The number of rotatable bonds is 8. The van der Waals surface area contributed by atoms with Gasteiger partial charge in [0.25, 0.3) is 0 Å². The van der Waals surface area contributed by atoms with Crippen LogP contribution in [0, 0.1) is 5.41 Å². The number of hydrogen-bond acceptors (Lipinski definition) is 4. The lowest BCUT2D eigenvalue weighted by atomic mass is 9.77. The highest BCUT2D eigenvalue weighted by molar-refractivity contribution is 4.97. The van der Waals surface area contributed by atoms with Gasteiger partial charge in [0.15, 0.2) is 0 Å². The Balaban J connectivity index is 1.91. The first kappa shape index (κ1) is 15.5. The van der Waals surface area contributed by atoms with Crippen LogP contribution in [0.15, 0.2) is 12.4 Å². The molecule has 1 fully saturated rings. The van der Waals surface area contributed by atoms with Crippen molar-refractivity contribution in [3.63, 3.8) is 0 Å². The Morgan fingerprint density at radius 1 is 1.60 bits per heavy atom. The molecule has 1 aliphatic heterocycles. The summed E-state index contributed by atoms with van der Waals surface area (Å²) in [7, 11) is 3.79. The predicted molar refractivity (Wildman–Crippen MR) is 78.7 cm³/mol. The molecule has 1 N–H and O–H groups in total. The van der Waals surface area contributed by atoms with Crippen LogP contribution in [0.5, 0.6) is 0 Å². The molecule has 0 saturated carbocycles. The number of aromatic nitrogens is 2. The summed E-state index contributed by atoms with van der Waals surface area (Å²) in [4.78, 5) is 4.42. The third-order valence-corrected chi connectivity index (χ3v) is 4.56. The highest BCUT2D eigenvalue weighted by Crippen LogP contribution is 2.38. The van der Waals surface area contributed by atoms with Gasteiger partial charge < -0.3 is 19.4 Å². The predicted octanol–water partition coefficient (Wildman–Crippen LogP) is 1.38. The summed E-state index contributed by atoms with van der Waals surface area (Å²) in [6, 6.07) is 0. The fraction of sp³-hybridized carbons (Fsp3) is 0.800. The molecule has 0 bridgehead atoms. The van der Waals surface area contributed by atoms with Crippen molar-refractivity contribution in [2.45, 2.75) is 32.3 Å². The Labute approximate surface area is 121 Å². The summed E-state index contributed by atoms with van der Waals surface area (Å²) >= 11 is 0. The number of ether oxygens (including phenoxy) is 2. The summed E-state index contributed by atoms with van der Waals surface area (Å²) in [6.07, 6.45) is 7.42. The topological polar surface area (TPSA) is 48.3 Å². The minimum absolute atomic E-state index is 0.222. The van der Waals surface area contributed by atoms with E-state index in [4.69, 9.17) is 9.47 Å². The maximum Gasteiger partial charge on any atom is 0.108 e. The number of nitrogens with one attached hydrogen (secondary N) is 1. The van der Waals surface area contributed by atoms with E-state index in [1.165, 1.54) is 0 Å². The zero-order valence-electron chi connectivity index (χ0n) is 12.9. The van der Waals surface area contributed by atoms with Gasteiger partial charge in [-0.3, -0.25) is 0 Å². The maximum absolute atomic E-state index is 5.83. The van der Waals surface area contributed by atoms with E-state index >= 15 is 0 Å².